The van der Waals surface area contributed by atoms with Crippen LogP contribution >= 0.6 is 11.3 Å². The number of fused-ring (bicyclic) bond motifs is 1. The zero-order chi connectivity index (χ0) is 11.8. The standard InChI is InChI=1S/C14H12O2S/c1-9-6-12-7-10(2-3-13(12)16-9)14(15)11-4-5-17-8-11/h2-5,7-9H,6H2,1H3. The molecule has 1 aromatic heterocycles. The van der Waals surface area contributed by atoms with E-state index in [2.05, 4.69) is 0 Å². The molecule has 1 atom stereocenters. The third-order valence-corrected chi connectivity index (χ3v) is 3.62. The van der Waals surface area contributed by atoms with Crippen LogP contribution in [-0.2, 0) is 6.42 Å². The van der Waals surface area contributed by atoms with Crippen molar-refractivity contribution < 1.29 is 9.53 Å². The van der Waals surface area contributed by atoms with Gasteiger partial charge in [0.2, 0.25) is 0 Å². The normalized spacial score (nSPS) is 17.6. The van der Waals surface area contributed by atoms with E-state index >= 15 is 0 Å². The van der Waals surface area contributed by atoms with E-state index in [0.29, 0.717) is 0 Å². The summed E-state index contributed by atoms with van der Waals surface area (Å²) in [6.07, 6.45) is 1.11. The number of carbonyl (C=O) groups is 1. The number of hydrogen-bond donors (Lipinski definition) is 0. The average molecular weight is 244 g/mol. The van der Waals surface area contributed by atoms with Gasteiger partial charge in [-0.2, -0.15) is 11.3 Å². The Kier molecular flexibility index (Phi) is 2.48. The summed E-state index contributed by atoms with van der Waals surface area (Å²) in [6, 6.07) is 7.56. The van der Waals surface area contributed by atoms with Gasteiger partial charge in [0.05, 0.1) is 0 Å². The van der Waals surface area contributed by atoms with E-state index in [-0.39, 0.29) is 11.9 Å². The van der Waals surface area contributed by atoms with Gasteiger partial charge in [-0.3, -0.25) is 4.79 Å². The fraction of sp³-hybridized carbons (Fsp3) is 0.214. The Hall–Kier alpha value is -1.61. The highest BCUT2D eigenvalue weighted by Crippen LogP contribution is 2.30. The van der Waals surface area contributed by atoms with Crippen molar-refractivity contribution in [3.63, 3.8) is 0 Å². The Morgan fingerprint density at radius 2 is 2.24 bits per heavy atom. The van der Waals surface area contributed by atoms with E-state index in [1.807, 2.05) is 41.9 Å². The fourth-order valence-electron chi connectivity index (χ4n) is 2.12. The van der Waals surface area contributed by atoms with Crippen molar-refractivity contribution in [2.75, 3.05) is 0 Å². The molecule has 1 unspecified atom stereocenters. The lowest BCUT2D eigenvalue weighted by Gasteiger charge is -2.03. The van der Waals surface area contributed by atoms with E-state index in [1.54, 1.807) is 11.3 Å². The predicted octanol–water partition coefficient (Wildman–Crippen LogP) is 3.30. The first kappa shape index (κ1) is 10.5. The zero-order valence-electron chi connectivity index (χ0n) is 9.47. The Morgan fingerprint density at radius 1 is 1.35 bits per heavy atom. The number of hydrogen-bond acceptors (Lipinski definition) is 3. The van der Waals surface area contributed by atoms with Crippen LogP contribution in [0.3, 0.4) is 0 Å². The minimum atomic E-state index is 0.0913. The molecule has 17 heavy (non-hydrogen) atoms. The monoisotopic (exact) mass is 244 g/mol. The number of carbonyl (C=O) groups excluding carboxylic acids is 1. The molecule has 0 aliphatic carbocycles. The topological polar surface area (TPSA) is 26.3 Å². The van der Waals surface area contributed by atoms with E-state index in [1.165, 1.54) is 0 Å². The van der Waals surface area contributed by atoms with Crippen molar-refractivity contribution in [3.05, 3.63) is 51.7 Å². The van der Waals surface area contributed by atoms with Crippen molar-refractivity contribution in [3.8, 4) is 5.75 Å². The predicted molar refractivity (Wildman–Crippen MR) is 68.0 cm³/mol. The van der Waals surface area contributed by atoms with Crippen LogP contribution in [0.25, 0.3) is 0 Å². The molecule has 0 fully saturated rings. The molecule has 86 valence electrons. The molecule has 0 saturated carbocycles. The molecule has 0 N–H and O–H groups in total. The van der Waals surface area contributed by atoms with Crippen molar-refractivity contribution in [1.82, 2.24) is 0 Å². The van der Waals surface area contributed by atoms with Crippen LogP contribution in [0.4, 0.5) is 0 Å². The van der Waals surface area contributed by atoms with Crippen LogP contribution in [0, 0.1) is 0 Å². The molecular weight excluding hydrogens is 232 g/mol. The van der Waals surface area contributed by atoms with E-state index < -0.39 is 0 Å². The second-order valence-corrected chi connectivity index (χ2v) is 5.08. The molecule has 0 spiro atoms. The van der Waals surface area contributed by atoms with Crippen molar-refractivity contribution in [1.29, 1.82) is 0 Å². The molecule has 2 aromatic rings. The molecule has 0 amide bonds. The van der Waals surface area contributed by atoms with Gasteiger partial charge in [0.25, 0.3) is 0 Å². The van der Waals surface area contributed by atoms with Crippen LogP contribution in [-0.4, -0.2) is 11.9 Å². The van der Waals surface area contributed by atoms with Crippen molar-refractivity contribution in [2.45, 2.75) is 19.4 Å². The summed E-state index contributed by atoms with van der Waals surface area (Å²) in [6.45, 7) is 2.04. The first-order valence-corrected chi connectivity index (χ1v) is 6.55. The molecule has 1 aliphatic rings. The summed E-state index contributed by atoms with van der Waals surface area (Å²) >= 11 is 1.54. The van der Waals surface area contributed by atoms with Crippen LogP contribution < -0.4 is 4.74 Å². The number of thiophene rings is 1. The smallest absolute Gasteiger partial charge is 0.193 e. The first-order valence-electron chi connectivity index (χ1n) is 5.60. The summed E-state index contributed by atoms with van der Waals surface area (Å²) in [5, 5.41) is 3.81. The van der Waals surface area contributed by atoms with Gasteiger partial charge in [-0.05, 0) is 42.1 Å². The molecule has 1 aliphatic heterocycles. The van der Waals surface area contributed by atoms with Crippen LogP contribution in [0.5, 0.6) is 5.75 Å². The number of ether oxygens (including phenoxy) is 1. The summed E-state index contributed by atoms with van der Waals surface area (Å²) in [5.74, 6) is 1.01. The third kappa shape index (κ3) is 1.87. The largest absolute Gasteiger partial charge is 0.490 e. The molecule has 3 heteroatoms. The summed E-state index contributed by atoms with van der Waals surface area (Å²) in [7, 11) is 0. The van der Waals surface area contributed by atoms with Gasteiger partial charge in [0.1, 0.15) is 11.9 Å². The summed E-state index contributed by atoms with van der Waals surface area (Å²) in [4.78, 5) is 12.2. The molecule has 0 bridgehead atoms. The molecular formula is C14H12O2S. The maximum Gasteiger partial charge on any atom is 0.193 e. The lowest BCUT2D eigenvalue weighted by atomic mass is 10.0. The number of rotatable bonds is 2. The maximum absolute atomic E-state index is 12.2. The van der Waals surface area contributed by atoms with Crippen LogP contribution in [0.15, 0.2) is 35.0 Å². The second kappa shape index (κ2) is 4.00. The van der Waals surface area contributed by atoms with Gasteiger partial charge in [-0.15, -0.1) is 0 Å². The van der Waals surface area contributed by atoms with Crippen molar-refractivity contribution in [2.24, 2.45) is 0 Å². The average Bonchev–Trinajstić information content (AvgIpc) is 2.94. The highest BCUT2D eigenvalue weighted by atomic mass is 32.1. The van der Waals surface area contributed by atoms with Gasteiger partial charge in [0, 0.05) is 22.9 Å². The fourth-order valence-corrected chi connectivity index (χ4v) is 2.76. The molecule has 0 radical (unpaired) electrons. The zero-order valence-corrected chi connectivity index (χ0v) is 10.3. The third-order valence-electron chi connectivity index (χ3n) is 2.94. The van der Waals surface area contributed by atoms with Crippen molar-refractivity contribution >= 4 is 17.1 Å². The van der Waals surface area contributed by atoms with Gasteiger partial charge in [-0.1, -0.05) is 0 Å². The Balaban J connectivity index is 1.96. The highest BCUT2D eigenvalue weighted by Gasteiger charge is 2.20. The second-order valence-electron chi connectivity index (χ2n) is 4.30. The van der Waals surface area contributed by atoms with E-state index in [0.717, 1.165) is 28.9 Å². The van der Waals surface area contributed by atoms with Gasteiger partial charge in [-0.25, -0.2) is 0 Å². The molecule has 2 heterocycles. The molecule has 0 saturated heterocycles. The Labute approximate surface area is 104 Å². The molecule has 3 rings (SSSR count). The van der Waals surface area contributed by atoms with Crippen LogP contribution in [0.2, 0.25) is 0 Å². The van der Waals surface area contributed by atoms with Crippen LogP contribution in [0.1, 0.15) is 28.4 Å². The van der Waals surface area contributed by atoms with Gasteiger partial charge < -0.3 is 4.74 Å². The number of ketones is 1. The molecule has 1 aromatic carbocycles. The first-order chi connectivity index (χ1) is 8.24. The maximum atomic E-state index is 12.2. The van der Waals surface area contributed by atoms with Gasteiger partial charge in [0.15, 0.2) is 5.78 Å². The lowest BCUT2D eigenvalue weighted by Crippen LogP contribution is -2.05. The van der Waals surface area contributed by atoms with E-state index in [4.69, 9.17) is 4.74 Å². The summed E-state index contributed by atoms with van der Waals surface area (Å²) < 4.78 is 5.62. The van der Waals surface area contributed by atoms with E-state index in [9.17, 15) is 4.79 Å². The quantitative estimate of drug-likeness (QED) is 0.758. The SMILES string of the molecule is CC1Cc2cc(C(=O)c3ccsc3)ccc2O1. The highest BCUT2D eigenvalue weighted by molar-refractivity contribution is 7.08. The minimum Gasteiger partial charge on any atom is -0.490 e. The Bertz CT molecular complexity index is 558. The Morgan fingerprint density at radius 3 is 3.00 bits per heavy atom. The lowest BCUT2D eigenvalue weighted by molar-refractivity contribution is 0.103. The number of benzene rings is 1. The van der Waals surface area contributed by atoms with Gasteiger partial charge >= 0.3 is 0 Å². The molecule has 2 nitrogen and oxygen atoms in total. The summed E-state index contributed by atoms with van der Waals surface area (Å²) in [5.41, 5.74) is 2.65. The minimum absolute atomic E-state index is 0.0913.